The molecule has 0 aromatic carbocycles. The molecule has 2 heterocycles. The van der Waals surface area contributed by atoms with Crippen molar-refractivity contribution in [2.45, 2.75) is 13.0 Å². The molecule has 0 bridgehead atoms. The number of thiophene rings is 1. The van der Waals surface area contributed by atoms with Crippen molar-refractivity contribution in [1.82, 2.24) is 9.97 Å². The van der Waals surface area contributed by atoms with Gasteiger partial charge in [-0.1, -0.05) is 11.6 Å². The van der Waals surface area contributed by atoms with E-state index >= 15 is 0 Å². The van der Waals surface area contributed by atoms with E-state index in [0.717, 1.165) is 16.0 Å². The fraction of sp³-hybridized carbons (Fsp3) is 0.273. The van der Waals surface area contributed by atoms with Crippen molar-refractivity contribution < 1.29 is 0 Å². The van der Waals surface area contributed by atoms with E-state index in [0.29, 0.717) is 0 Å². The van der Waals surface area contributed by atoms with Crippen LogP contribution in [-0.4, -0.2) is 17.0 Å². The van der Waals surface area contributed by atoms with Gasteiger partial charge in [-0.15, -0.1) is 11.3 Å². The highest BCUT2D eigenvalue weighted by Gasteiger charge is 2.09. The maximum atomic E-state index is 5.91. The Kier molecular flexibility index (Phi) is 3.81. The minimum atomic E-state index is 0.161. The Morgan fingerprint density at radius 3 is 2.71 bits per heavy atom. The molecule has 2 N–H and O–H groups in total. The van der Waals surface area contributed by atoms with Crippen molar-refractivity contribution in [3.8, 4) is 0 Å². The third kappa shape index (κ3) is 3.08. The molecule has 0 saturated carbocycles. The number of anilines is 2. The zero-order valence-electron chi connectivity index (χ0n) is 9.57. The van der Waals surface area contributed by atoms with Gasteiger partial charge >= 0.3 is 0 Å². The number of hydrogen-bond acceptors (Lipinski definition) is 5. The van der Waals surface area contributed by atoms with Crippen molar-refractivity contribution >= 4 is 34.6 Å². The van der Waals surface area contributed by atoms with E-state index in [1.807, 2.05) is 19.2 Å². The van der Waals surface area contributed by atoms with Crippen molar-refractivity contribution in [3.05, 3.63) is 33.7 Å². The highest BCUT2D eigenvalue weighted by molar-refractivity contribution is 7.16. The maximum absolute atomic E-state index is 5.91. The van der Waals surface area contributed by atoms with E-state index in [1.165, 1.54) is 4.88 Å². The first kappa shape index (κ1) is 12.1. The molecule has 0 amide bonds. The Balaban J connectivity index is 2.09. The molecular weight excluding hydrogens is 256 g/mol. The minimum absolute atomic E-state index is 0.161. The largest absolute Gasteiger partial charge is 0.372 e. The summed E-state index contributed by atoms with van der Waals surface area (Å²) in [4.78, 5) is 9.62. The molecule has 2 aromatic heterocycles. The molecule has 0 aliphatic heterocycles. The minimum Gasteiger partial charge on any atom is -0.372 e. The fourth-order valence-electron chi connectivity index (χ4n) is 1.41. The van der Waals surface area contributed by atoms with Crippen molar-refractivity contribution in [3.63, 3.8) is 0 Å². The molecule has 2 aromatic rings. The van der Waals surface area contributed by atoms with Gasteiger partial charge in [-0.3, -0.25) is 4.98 Å². The van der Waals surface area contributed by atoms with Gasteiger partial charge in [-0.05, 0) is 19.1 Å². The molecule has 1 unspecified atom stereocenters. The molecule has 0 saturated heterocycles. The molecule has 1 atom stereocenters. The van der Waals surface area contributed by atoms with Crippen LogP contribution in [0.5, 0.6) is 0 Å². The zero-order valence-corrected chi connectivity index (χ0v) is 11.1. The van der Waals surface area contributed by atoms with E-state index < -0.39 is 0 Å². The van der Waals surface area contributed by atoms with Gasteiger partial charge in [-0.2, -0.15) is 0 Å². The molecule has 0 aliphatic carbocycles. The second-order valence-corrected chi connectivity index (χ2v) is 5.29. The Hall–Kier alpha value is -1.33. The second kappa shape index (κ2) is 5.33. The van der Waals surface area contributed by atoms with E-state index in [4.69, 9.17) is 11.6 Å². The lowest BCUT2D eigenvalue weighted by atomic mass is 10.3. The van der Waals surface area contributed by atoms with Crippen molar-refractivity contribution in [2.75, 3.05) is 17.7 Å². The van der Waals surface area contributed by atoms with Crippen LogP contribution in [0.3, 0.4) is 0 Å². The molecule has 0 fully saturated rings. The molecule has 4 nitrogen and oxygen atoms in total. The van der Waals surface area contributed by atoms with Crippen LogP contribution in [-0.2, 0) is 0 Å². The lowest BCUT2D eigenvalue weighted by Crippen LogP contribution is -2.07. The molecule has 17 heavy (non-hydrogen) atoms. The third-order valence-electron chi connectivity index (χ3n) is 2.28. The number of aromatic nitrogens is 2. The Morgan fingerprint density at radius 1 is 1.29 bits per heavy atom. The Morgan fingerprint density at radius 2 is 2.06 bits per heavy atom. The van der Waals surface area contributed by atoms with Crippen molar-refractivity contribution in [2.24, 2.45) is 0 Å². The number of halogens is 1. The van der Waals surface area contributed by atoms with Crippen LogP contribution in [0.25, 0.3) is 0 Å². The summed E-state index contributed by atoms with van der Waals surface area (Å²) in [6, 6.07) is 4.07. The molecule has 90 valence electrons. The predicted molar refractivity (Wildman–Crippen MR) is 72.9 cm³/mol. The van der Waals surface area contributed by atoms with Crippen LogP contribution in [0.4, 0.5) is 11.6 Å². The van der Waals surface area contributed by atoms with E-state index in [2.05, 4.69) is 27.5 Å². The second-order valence-electron chi connectivity index (χ2n) is 3.55. The third-order valence-corrected chi connectivity index (χ3v) is 3.69. The van der Waals surface area contributed by atoms with Gasteiger partial charge in [0.05, 0.1) is 22.8 Å². The zero-order chi connectivity index (χ0) is 12.3. The lowest BCUT2D eigenvalue weighted by molar-refractivity contribution is 0.893. The summed E-state index contributed by atoms with van der Waals surface area (Å²) in [6.07, 6.45) is 3.38. The van der Waals surface area contributed by atoms with Crippen molar-refractivity contribution in [1.29, 1.82) is 0 Å². The van der Waals surface area contributed by atoms with Gasteiger partial charge in [0, 0.05) is 11.9 Å². The molecule has 0 radical (unpaired) electrons. The maximum Gasteiger partial charge on any atom is 0.147 e. The fourth-order valence-corrected chi connectivity index (χ4v) is 2.47. The summed E-state index contributed by atoms with van der Waals surface area (Å²) < 4.78 is 0.795. The van der Waals surface area contributed by atoms with Crippen LogP contribution in [0.15, 0.2) is 24.5 Å². The monoisotopic (exact) mass is 268 g/mol. The summed E-state index contributed by atoms with van der Waals surface area (Å²) in [7, 11) is 1.82. The first-order valence-corrected chi connectivity index (χ1v) is 6.40. The summed E-state index contributed by atoms with van der Waals surface area (Å²) in [6.45, 7) is 2.07. The van der Waals surface area contributed by atoms with Crippen LogP contribution < -0.4 is 10.6 Å². The van der Waals surface area contributed by atoms with Crippen LogP contribution in [0.2, 0.25) is 4.34 Å². The first-order chi connectivity index (χ1) is 8.19. The molecular formula is C11H13ClN4S. The van der Waals surface area contributed by atoms with Gasteiger partial charge < -0.3 is 10.6 Å². The van der Waals surface area contributed by atoms with Crippen LogP contribution >= 0.6 is 22.9 Å². The van der Waals surface area contributed by atoms with E-state index in [1.54, 1.807) is 23.7 Å². The topological polar surface area (TPSA) is 49.8 Å². The van der Waals surface area contributed by atoms with Gasteiger partial charge in [0.15, 0.2) is 0 Å². The highest BCUT2D eigenvalue weighted by Crippen LogP contribution is 2.28. The number of nitrogens with zero attached hydrogens (tertiary/aromatic N) is 2. The molecule has 6 heteroatoms. The Labute approximate surface area is 109 Å². The summed E-state index contributed by atoms with van der Waals surface area (Å²) in [5.74, 6) is 1.49. The summed E-state index contributed by atoms with van der Waals surface area (Å²) in [5.41, 5.74) is 0. The average molecular weight is 269 g/mol. The lowest BCUT2D eigenvalue weighted by Gasteiger charge is -2.12. The van der Waals surface area contributed by atoms with Gasteiger partial charge in [0.1, 0.15) is 11.6 Å². The van der Waals surface area contributed by atoms with Gasteiger partial charge in [0.2, 0.25) is 0 Å². The van der Waals surface area contributed by atoms with Gasteiger partial charge in [0.25, 0.3) is 0 Å². The predicted octanol–water partition coefficient (Wildman–Crippen LogP) is 3.41. The summed E-state index contributed by atoms with van der Waals surface area (Å²) >= 11 is 7.47. The Bertz CT molecular complexity index is 500. The van der Waals surface area contributed by atoms with Gasteiger partial charge in [-0.25, -0.2) is 4.98 Å². The quantitative estimate of drug-likeness (QED) is 0.892. The highest BCUT2D eigenvalue weighted by atomic mass is 35.5. The molecule has 2 rings (SSSR count). The first-order valence-electron chi connectivity index (χ1n) is 5.20. The number of hydrogen-bond donors (Lipinski definition) is 2. The van der Waals surface area contributed by atoms with Crippen LogP contribution in [0.1, 0.15) is 17.8 Å². The number of nitrogens with one attached hydrogen (secondary N) is 2. The molecule has 0 aliphatic rings. The van der Waals surface area contributed by atoms with E-state index in [-0.39, 0.29) is 6.04 Å². The SMILES string of the molecule is CNc1cncc(NC(C)c2ccc(Cl)s2)n1. The smallest absolute Gasteiger partial charge is 0.147 e. The summed E-state index contributed by atoms with van der Waals surface area (Å²) in [5, 5.41) is 6.24. The normalized spacial score (nSPS) is 12.2. The average Bonchev–Trinajstić information content (AvgIpc) is 2.76. The standard InChI is InChI=1S/C11H13ClN4S/c1-7(8-3-4-9(12)17-8)15-11-6-14-5-10(13-2)16-11/h3-7H,1-2H3,(H2,13,15,16). The van der Waals surface area contributed by atoms with Crippen LogP contribution in [0, 0.1) is 0 Å². The van der Waals surface area contributed by atoms with E-state index in [9.17, 15) is 0 Å². The number of rotatable bonds is 4. The molecule has 0 spiro atoms.